The summed E-state index contributed by atoms with van der Waals surface area (Å²) in [5, 5.41) is 0. The fourth-order valence-electron chi connectivity index (χ4n) is 3.62. The van der Waals surface area contributed by atoms with Crippen molar-refractivity contribution < 1.29 is 28.5 Å². The number of Topliss-reactive ketones (excluding diaryl/α,β-unsaturated/α-hetero) is 1. The first-order valence-corrected chi connectivity index (χ1v) is 12.5. The number of benzene rings is 1. The molecule has 0 amide bonds. The molecule has 0 spiro atoms. The number of rotatable bonds is 11. The first kappa shape index (κ1) is 26.6. The maximum absolute atomic E-state index is 12.7. The molecule has 0 fully saturated rings. The lowest BCUT2D eigenvalue weighted by molar-refractivity contribution is 0.00708. The van der Waals surface area contributed by atoms with Crippen molar-refractivity contribution in [1.29, 1.82) is 0 Å². The molecule has 32 heavy (non-hydrogen) atoms. The van der Waals surface area contributed by atoms with Crippen molar-refractivity contribution >= 4 is 5.78 Å². The number of unbranched alkanes of at least 4 members (excludes halogenated alkanes) is 8. The second-order valence-corrected chi connectivity index (χ2v) is 8.20. The molecule has 0 radical (unpaired) electrons. The normalized spacial score (nSPS) is 16.2. The van der Waals surface area contributed by atoms with Crippen molar-refractivity contribution in [3.05, 3.63) is 23.8 Å². The number of carbonyl (C=O) groups is 1. The summed E-state index contributed by atoms with van der Waals surface area (Å²) in [6.45, 7) is 6.10. The number of carbonyl (C=O) groups excluding carboxylic acids is 1. The van der Waals surface area contributed by atoms with Crippen LogP contribution in [0.5, 0.6) is 11.5 Å². The summed E-state index contributed by atoms with van der Waals surface area (Å²) in [5.41, 5.74) is 0.676. The van der Waals surface area contributed by atoms with Crippen LogP contribution in [0.2, 0.25) is 0 Å². The van der Waals surface area contributed by atoms with Gasteiger partial charge in [0.1, 0.15) is 13.2 Å². The topological polar surface area (TPSA) is 63.2 Å². The van der Waals surface area contributed by atoms with E-state index in [-0.39, 0.29) is 5.78 Å². The molecular formula is C26H42O6. The molecule has 182 valence electrons. The number of hydrogen-bond acceptors (Lipinski definition) is 6. The Hall–Kier alpha value is -1.63. The lowest BCUT2D eigenvalue weighted by Crippen LogP contribution is -2.13. The van der Waals surface area contributed by atoms with Crippen LogP contribution in [0.1, 0.15) is 81.5 Å². The largest absolute Gasteiger partial charge is 0.487 e. The second-order valence-electron chi connectivity index (χ2n) is 8.20. The lowest BCUT2D eigenvalue weighted by atomic mass is 10.0. The fraction of sp³-hybridized carbons (Fsp3) is 0.731. The smallest absolute Gasteiger partial charge is 0.163 e. The highest BCUT2D eigenvalue weighted by Crippen LogP contribution is 2.29. The molecule has 1 heterocycles. The minimum Gasteiger partial charge on any atom is -0.487 e. The summed E-state index contributed by atoms with van der Waals surface area (Å²) in [6.07, 6.45) is 11.8. The van der Waals surface area contributed by atoms with Crippen LogP contribution in [-0.2, 0) is 14.2 Å². The average Bonchev–Trinajstić information content (AvgIpc) is 2.81. The van der Waals surface area contributed by atoms with Gasteiger partial charge >= 0.3 is 0 Å². The molecule has 1 aromatic rings. The standard InChI is InChI=1S/C26H42O6/c1-2-3-4-5-6-7-8-9-10-11-24(27)23-12-13-25-26(22-23)32-21-19-30-17-15-28-14-16-29-18-20-31-25/h12-13,22H,2-11,14-21H2,1H3. The van der Waals surface area contributed by atoms with Crippen molar-refractivity contribution in [3.8, 4) is 11.5 Å². The monoisotopic (exact) mass is 450 g/mol. The maximum Gasteiger partial charge on any atom is 0.163 e. The maximum atomic E-state index is 12.7. The van der Waals surface area contributed by atoms with Crippen molar-refractivity contribution in [2.75, 3.05) is 52.9 Å². The van der Waals surface area contributed by atoms with Gasteiger partial charge in [0.15, 0.2) is 17.3 Å². The minimum atomic E-state index is 0.159. The van der Waals surface area contributed by atoms with Crippen LogP contribution in [0, 0.1) is 0 Å². The van der Waals surface area contributed by atoms with Crippen LogP contribution in [0.3, 0.4) is 0 Å². The number of ketones is 1. The van der Waals surface area contributed by atoms with Gasteiger partial charge in [0.05, 0.1) is 39.6 Å². The molecule has 1 aliphatic rings. The SMILES string of the molecule is CCCCCCCCCCCC(=O)c1ccc2c(c1)OCCOCCOCCOCCO2. The summed E-state index contributed by atoms with van der Waals surface area (Å²) >= 11 is 0. The van der Waals surface area contributed by atoms with E-state index in [0.29, 0.717) is 76.3 Å². The summed E-state index contributed by atoms with van der Waals surface area (Å²) in [5.74, 6) is 1.36. The average molecular weight is 451 g/mol. The molecule has 0 saturated carbocycles. The van der Waals surface area contributed by atoms with Crippen molar-refractivity contribution in [1.82, 2.24) is 0 Å². The predicted molar refractivity (Wildman–Crippen MR) is 126 cm³/mol. The van der Waals surface area contributed by atoms with Gasteiger partial charge in [0.2, 0.25) is 0 Å². The third-order valence-corrected chi connectivity index (χ3v) is 5.49. The van der Waals surface area contributed by atoms with Crippen LogP contribution < -0.4 is 9.47 Å². The Labute approximate surface area is 193 Å². The van der Waals surface area contributed by atoms with E-state index in [2.05, 4.69) is 6.92 Å². The van der Waals surface area contributed by atoms with Gasteiger partial charge < -0.3 is 23.7 Å². The number of hydrogen-bond donors (Lipinski definition) is 0. The van der Waals surface area contributed by atoms with Gasteiger partial charge in [-0.3, -0.25) is 4.79 Å². The Balaban J connectivity index is 1.78. The zero-order valence-electron chi connectivity index (χ0n) is 19.9. The molecule has 2 rings (SSSR count). The van der Waals surface area contributed by atoms with E-state index in [1.807, 2.05) is 12.1 Å². The molecule has 0 aliphatic carbocycles. The first-order chi connectivity index (χ1) is 15.8. The highest BCUT2D eigenvalue weighted by atomic mass is 16.6. The van der Waals surface area contributed by atoms with Gasteiger partial charge in [-0.1, -0.05) is 58.3 Å². The second kappa shape index (κ2) is 17.9. The Kier molecular flexibility index (Phi) is 14.9. The van der Waals surface area contributed by atoms with E-state index < -0.39 is 0 Å². The molecule has 6 heteroatoms. The number of ether oxygens (including phenoxy) is 5. The van der Waals surface area contributed by atoms with E-state index in [4.69, 9.17) is 23.7 Å². The van der Waals surface area contributed by atoms with E-state index in [1.165, 1.54) is 44.9 Å². The van der Waals surface area contributed by atoms with Crippen molar-refractivity contribution in [2.45, 2.75) is 71.1 Å². The summed E-state index contributed by atoms with van der Waals surface area (Å²) in [7, 11) is 0. The third kappa shape index (κ3) is 11.8. The van der Waals surface area contributed by atoms with Gasteiger partial charge in [-0.05, 0) is 24.6 Å². The van der Waals surface area contributed by atoms with Crippen LogP contribution >= 0.6 is 0 Å². The fourth-order valence-corrected chi connectivity index (χ4v) is 3.62. The summed E-state index contributed by atoms with van der Waals surface area (Å²) < 4.78 is 28.1. The Morgan fingerprint density at radius 3 is 1.75 bits per heavy atom. The lowest BCUT2D eigenvalue weighted by Gasteiger charge is -2.14. The molecule has 0 atom stereocenters. The van der Waals surface area contributed by atoms with Crippen molar-refractivity contribution in [2.24, 2.45) is 0 Å². The van der Waals surface area contributed by atoms with Gasteiger partial charge in [0, 0.05) is 12.0 Å². The van der Waals surface area contributed by atoms with Crippen LogP contribution in [0.15, 0.2) is 18.2 Å². The summed E-state index contributed by atoms with van der Waals surface area (Å²) in [4.78, 5) is 12.7. The van der Waals surface area contributed by atoms with E-state index in [9.17, 15) is 4.79 Å². The zero-order chi connectivity index (χ0) is 22.7. The van der Waals surface area contributed by atoms with Gasteiger partial charge in [-0.15, -0.1) is 0 Å². The molecule has 0 aromatic heterocycles. The molecule has 0 bridgehead atoms. The molecule has 1 aliphatic heterocycles. The number of fused-ring (bicyclic) bond motifs is 1. The van der Waals surface area contributed by atoms with Gasteiger partial charge in [-0.25, -0.2) is 0 Å². The Bertz CT molecular complexity index is 618. The molecule has 1 aromatic carbocycles. The molecule has 0 N–H and O–H groups in total. The van der Waals surface area contributed by atoms with Crippen LogP contribution in [0.4, 0.5) is 0 Å². The van der Waals surface area contributed by atoms with Crippen LogP contribution in [-0.4, -0.2) is 58.6 Å². The Morgan fingerprint density at radius 1 is 0.656 bits per heavy atom. The van der Waals surface area contributed by atoms with E-state index in [0.717, 1.165) is 12.8 Å². The molecule has 6 nitrogen and oxygen atoms in total. The quantitative estimate of drug-likeness (QED) is 0.322. The van der Waals surface area contributed by atoms with Gasteiger partial charge in [-0.2, -0.15) is 0 Å². The Morgan fingerprint density at radius 2 is 1.16 bits per heavy atom. The summed E-state index contributed by atoms with van der Waals surface area (Å²) in [6, 6.07) is 5.45. The van der Waals surface area contributed by atoms with Crippen molar-refractivity contribution in [3.63, 3.8) is 0 Å². The highest BCUT2D eigenvalue weighted by Gasteiger charge is 2.12. The molecule has 0 unspecified atom stereocenters. The third-order valence-electron chi connectivity index (χ3n) is 5.49. The van der Waals surface area contributed by atoms with Gasteiger partial charge in [0.25, 0.3) is 0 Å². The van der Waals surface area contributed by atoms with E-state index >= 15 is 0 Å². The molecular weight excluding hydrogens is 408 g/mol. The first-order valence-electron chi connectivity index (χ1n) is 12.5. The predicted octanol–water partition coefficient (Wildman–Crippen LogP) is 5.61. The molecule has 0 saturated heterocycles. The highest BCUT2D eigenvalue weighted by molar-refractivity contribution is 5.96. The van der Waals surface area contributed by atoms with Crippen LogP contribution in [0.25, 0.3) is 0 Å². The van der Waals surface area contributed by atoms with E-state index in [1.54, 1.807) is 6.07 Å². The zero-order valence-corrected chi connectivity index (χ0v) is 19.9. The minimum absolute atomic E-state index is 0.159.